The minimum Gasteiger partial charge on any atom is -0.274 e. The normalized spacial score (nSPS) is 16.9. The summed E-state index contributed by atoms with van der Waals surface area (Å²) in [4.78, 5) is 25.8. The molecule has 26 heavy (non-hydrogen) atoms. The predicted octanol–water partition coefficient (Wildman–Crippen LogP) is 2.70. The van der Waals surface area contributed by atoms with Gasteiger partial charge in [0.1, 0.15) is 0 Å². The van der Waals surface area contributed by atoms with Crippen LogP contribution in [0.3, 0.4) is 0 Å². The number of hydrazine groups is 1. The third-order valence-corrected chi connectivity index (χ3v) is 5.42. The first-order valence-electron chi connectivity index (χ1n) is 7.98. The molecule has 0 fully saturated rings. The van der Waals surface area contributed by atoms with Gasteiger partial charge in [0.15, 0.2) is 5.69 Å². The number of nitrogens with one attached hydrogen (secondary N) is 2. The van der Waals surface area contributed by atoms with E-state index in [0.717, 1.165) is 40.6 Å². The lowest BCUT2D eigenvalue weighted by molar-refractivity contribution is -0.141. The highest BCUT2D eigenvalue weighted by molar-refractivity contribution is 7.14. The van der Waals surface area contributed by atoms with Crippen LogP contribution in [0.15, 0.2) is 12.3 Å². The van der Waals surface area contributed by atoms with Crippen molar-refractivity contribution in [2.75, 3.05) is 0 Å². The minimum absolute atomic E-state index is 0.423. The second-order valence-electron chi connectivity index (χ2n) is 6.38. The topological polar surface area (TPSA) is 76.0 Å². The number of alkyl halides is 3. The number of aromatic nitrogens is 2. The zero-order chi connectivity index (χ0) is 19.1. The van der Waals surface area contributed by atoms with Crippen molar-refractivity contribution in [2.24, 2.45) is 13.0 Å². The van der Waals surface area contributed by atoms with E-state index < -0.39 is 29.2 Å². The Hall–Kier alpha value is -2.36. The molecule has 1 aliphatic rings. The fourth-order valence-corrected chi connectivity index (χ4v) is 4.03. The molecule has 0 radical (unpaired) electrons. The number of carbonyl (C=O) groups excluding carboxylic acids is 2. The third kappa shape index (κ3) is 3.74. The van der Waals surface area contributed by atoms with Gasteiger partial charge in [0.05, 0.1) is 10.4 Å². The average Bonchev–Trinajstić information content (AvgIpc) is 3.15. The van der Waals surface area contributed by atoms with Crippen molar-refractivity contribution >= 4 is 23.2 Å². The summed E-state index contributed by atoms with van der Waals surface area (Å²) in [6.45, 7) is 2.15. The molecule has 140 valence electrons. The summed E-state index contributed by atoms with van der Waals surface area (Å²) in [6, 6.07) is 1.78. The zero-order valence-electron chi connectivity index (χ0n) is 14.1. The SMILES string of the molecule is CC1CCc2sc(C(=O)NNC(=O)c3cn(C)nc3C(F)(F)F)cc2C1. The zero-order valence-corrected chi connectivity index (χ0v) is 14.9. The van der Waals surface area contributed by atoms with E-state index in [4.69, 9.17) is 0 Å². The van der Waals surface area contributed by atoms with Crippen LogP contribution in [0.2, 0.25) is 0 Å². The fourth-order valence-electron chi connectivity index (χ4n) is 2.92. The highest BCUT2D eigenvalue weighted by atomic mass is 32.1. The van der Waals surface area contributed by atoms with Gasteiger partial charge >= 0.3 is 6.18 Å². The first-order valence-corrected chi connectivity index (χ1v) is 8.80. The average molecular weight is 386 g/mol. The molecule has 2 aromatic rings. The summed E-state index contributed by atoms with van der Waals surface area (Å²) >= 11 is 1.34. The molecule has 1 aliphatic carbocycles. The largest absolute Gasteiger partial charge is 0.435 e. The number of hydrogen-bond acceptors (Lipinski definition) is 4. The monoisotopic (exact) mass is 386 g/mol. The molecule has 0 aliphatic heterocycles. The number of nitrogens with zero attached hydrogens (tertiary/aromatic N) is 2. The highest BCUT2D eigenvalue weighted by Gasteiger charge is 2.39. The van der Waals surface area contributed by atoms with Crippen LogP contribution >= 0.6 is 11.3 Å². The maximum Gasteiger partial charge on any atom is 0.435 e. The summed E-state index contributed by atoms with van der Waals surface area (Å²) < 4.78 is 39.6. The number of carbonyl (C=O) groups is 2. The Labute approximate surface area is 151 Å². The van der Waals surface area contributed by atoms with Gasteiger partial charge in [0.25, 0.3) is 11.8 Å². The number of hydrogen-bond donors (Lipinski definition) is 2. The van der Waals surface area contributed by atoms with Crippen molar-refractivity contribution in [2.45, 2.75) is 32.4 Å². The fraction of sp³-hybridized carbons (Fsp3) is 0.438. The van der Waals surface area contributed by atoms with Crippen molar-refractivity contribution in [1.82, 2.24) is 20.6 Å². The van der Waals surface area contributed by atoms with Gasteiger partial charge in [-0.2, -0.15) is 18.3 Å². The van der Waals surface area contributed by atoms with Gasteiger partial charge in [-0.1, -0.05) is 6.92 Å². The first kappa shape index (κ1) is 18.4. The lowest BCUT2D eigenvalue weighted by Gasteiger charge is -2.16. The second kappa shape index (κ2) is 6.75. The molecule has 3 rings (SSSR count). The molecular weight excluding hydrogens is 369 g/mol. The van der Waals surface area contributed by atoms with Gasteiger partial charge in [-0.05, 0) is 36.8 Å². The minimum atomic E-state index is -4.76. The van der Waals surface area contributed by atoms with E-state index in [9.17, 15) is 22.8 Å². The number of thiophene rings is 1. The molecule has 0 saturated heterocycles. The van der Waals surface area contributed by atoms with Crippen LogP contribution in [0.4, 0.5) is 13.2 Å². The lowest BCUT2D eigenvalue weighted by atomic mass is 9.90. The third-order valence-electron chi connectivity index (χ3n) is 4.18. The Morgan fingerprint density at radius 2 is 2.00 bits per heavy atom. The van der Waals surface area contributed by atoms with E-state index in [1.165, 1.54) is 18.4 Å². The van der Waals surface area contributed by atoms with Crippen LogP contribution in [-0.4, -0.2) is 21.6 Å². The van der Waals surface area contributed by atoms with Crippen LogP contribution in [0.5, 0.6) is 0 Å². The van der Waals surface area contributed by atoms with E-state index in [0.29, 0.717) is 10.8 Å². The Balaban J connectivity index is 1.68. The second-order valence-corrected chi connectivity index (χ2v) is 7.51. The molecule has 0 spiro atoms. The number of amides is 2. The molecule has 2 aromatic heterocycles. The summed E-state index contributed by atoms with van der Waals surface area (Å²) in [5, 5.41) is 3.26. The van der Waals surface area contributed by atoms with Crippen LogP contribution in [0.1, 0.15) is 49.5 Å². The van der Waals surface area contributed by atoms with E-state index in [1.807, 2.05) is 5.43 Å². The highest BCUT2D eigenvalue weighted by Crippen LogP contribution is 2.32. The van der Waals surface area contributed by atoms with E-state index in [2.05, 4.69) is 17.4 Å². The van der Waals surface area contributed by atoms with E-state index >= 15 is 0 Å². The predicted molar refractivity (Wildman–Crippen MR) is 88.7 cm³/mol. The van der Waals surface area contributed by atoms with E-state index in [-0.39, 0.29) is 0 Å². The summed E-state index contributed by atoms with van der Waals surface area (Å²) in [7, 11) is 1.28. The maximum atomic E-state index is 12.9. The molecular formula is C16H17F3N4O2S. The Bertz CT molecular complexity index is 856. The van der Waals surface area contributed by atoms with Crippen molar-refractivity contribution in [3.8, 4) is 0 Å². The van der Waals surface area contributed by atoms with Crippen molar-refractivity contribution in [3.63, 3.8) is 0 Å². The van der Waals surface area contributed by atoms with Gasteiger partial charge in [0, 0.05) is 18.1 Å². The molecule has 1 unspecified atom stereocenters. The first-order chi connectivity index (χ1) is 12.1. The summed E-state index contributed by atoms with van der Waals surface area (Å²) in [5.41, 5.74) is 3.37. The number of fused-ring (bicyclic) bond motifs is 1. The molecule has 2 amide bonds. The quantitative estimate of drug-likeness (QED) is 0.780. The van der Waals surface area contributed by atoms with Gasteiger partial charge in [0.2, 0.25) is 0 Å². The standard InChI is InChI=1S/C16H17F3N4O2S/c1-8-3-4-11-9(5-8)6-12(26-11)15(25)21-20-14(24)10-7-23(2)22-13(10)16(17,18)19/h6-8H,3-5H2,1-2H3,(H,20,24)(H,21,25). The summed E-state index contributed by atoms with van der Waals surface area (Å²) in [5.74, 6) is -1.07. The van der Waals surface area contributed by atoms with Crippen molar-refractivity contribution < 1.29 is 22.8 Å². The lowest BCUT2D eigenvalue weighted by Crippen LogP contribution is -2.41. The Morgan fingerprint density at radius 1 is 1.31 bits per heavy atom. The molecule has 0 saturated carbocycles. The maximum absolute atomic E-state index is 12.9. The van der Waals surface area contributed by atoms with Crippen LogP contribution < -0.4 is 10.9 Å². The van der Waals surface area contributed by atoms with Crippen molar-refractivity contribution in [3.05, 3.63) is 38.8 Å². The molecule has 0 bridgehead atoms. The van der Waals surface area contributed by atoms with Gasteiger partial charge in [-0.3, -0.25) is 25.1 Å². The Morgan fingerprint density at radius 3 is 2.69 bits per heavy atom. The van der Waals surface area contributed by atoms with Crippen LogP contribution in [-0.2, 0) is 26.1 Å². The molecule has 6 nitrogen and oxygen atoms in total. The van der Waals surface area contributed by atoms with Crippen LogP contribution in [0, 0.1) is 5.92 Å². The number of halogens is 3. The van der Waals surface area contributed by atoms with Gasteiger partial charge in [-0.25, -0.2) is 0 Å². The summed E-state index contributed by atoms with van der Waals surface area (Å²) in [6.07, 6.45) is -0.939. The smallest absolute Gasteiger partial charge is 0.274 e. The molecule has 1 atom stereocenters. The van der Waals surface area contributed by atoms with Crippen LogP contribution in [0.25, 0.3) is 0 Å². The number of rotatable bonds is 2. The molecule has 0 aromatic carbocycles. The van der Waals surface area contributed by atoms with E-state index in [1.54, 1.807) is 6.07 Å². The van der Waals surface area contributed by atoms with Crippen molar-refractivity contribution in [1.29, 1.82) is 0 Å². The van der Waals surface area contributed by atoms with Gasteiger partial charge < -0.3 is 0 Å². The number of aryl methyl sites for hydroxylation is 2. The molecule has 10 heteroatoms. The molecule has 2 heterocycles. The molecule has 2 N–H and O–H groups in total. The Kier molecular flexibility index (Phi) is 4.78. The van der Waals surface area contributed by atoms with Gasteiger partial charge in [-0.15, -0.1) is 11.3 Å².